The summed E-state index contributed by atoms with van der Waals surface area (Å²) in [5.41, 5.74) is 1.40. The summed E-state index contributed by atoms with van der Waals surface area (Å²) in [6, 6.07) is 5.33. The van der Waals surface area contributed by atoms with E-state index in [9.17, 15) is 4.39 Å². The van der Waals surface area contributed by atoms with E-state index in [4.69, 9.17) is 11.6 Å². The Morgan fingerprint density at radius 3 is 2.79 bits per heavy atom. The molecule has 3 heteroatoms. The van der Waals surface area contributed by atoms with Crippen molar-refractivity contribution in [2.75, 3.05) is 0 Å². The highest BCUT2D eigenvalue weighted by Crippen LogP contribution is 2.36. The third-order valence-corrected chi connectivity index (χ3v) is 4.45. The molecule has 1 aromatic carbocycles. The molecule has 1 saturated carbocycles. The van der Waals surface area contributed by atoms with Crippen molar-refractivity contribution >= 4 is 11.6 Å². The van der Waals surface area contributed by atoms with Gasteiger partial charge in [0.2, 0.25) is 0 Å². The Morgan fingerprint density at radius 2 is 2.16 bits per heavy atom. The molecule has 1 aliphatic carbocycles. The number of halogens is 2. The third kappa shape index (κ3) is 3.93. The highest BCUT2D eigenvalue weighted by molar-refractivity contribution is 6.31. The van der Waals surface area contributed by atoms with Gasteiger partial charge in [-0.2, -0.15) is 0 Å². The molecule has 106 valence electrons. The lowest BCUT2D eigenvalue weighted by Crippen LogP contribution is -2.38. The molecule has 0 spiro atoms. The lowest BCUT2D eigenvalue weighted by Gasteiger charge is -2.37. The van der Waals surface area contributed by atoms with Crippen molar-refractivity contribution in [2.45, 2.75) is 58.5 Å². The molecule has 1 aliphatic rings. The van der Waals surface area contributed by atoms with E-state index >= 15 is 0 Å². The van der Waals surface area contributed by atoms with Gasteiger partial charge in [0.15, 0.2) is 0 Å². The molecule has 0 amide bonds. The molecule has 0 aromatic heterocycles. The Balaban J connectivity index is 2.02. The summed E-state index contributed by atoms with van der Waals surface area (Å²) in [4.78, 5) is 0. The normalized spacial score (nSPS) is 24.2. The van der Waals surface area contributed by atoms with E-state index in [1.807, 2.05) is 0 Å². The minimum Gasteiger partial charge on any atom is -0.307 e. The molecule has 19 heavy (non-hydrogen) atoms. The minimum atomic E-state index is -0.278. The van der Waals surface area contributed by atoms with Crippen LogP contribution in [0.4, 0.5) is 4.39 Å². The van der Waals surface area contributed by atoms with Crippen LogP contribution in [0.15, 0.2) is 18.2 Å². The molecule has 0 radical (unpaired) electrons. The van der Waals surface area contributed by atoms with E-state index in [-0.39, 0.29) is 11.9 Å². The van der Waals surface area contributed by atoms with Gasteiger partial charge in [0.25, 0.3) is 0 Å². The van der Waals surface area contributed by atoms with Crippen LogP contribution in [0, 0.1) is 11.2 Å². The summed E-state index contributed by atoms with van der Waals surface area (Å²) in [5.74, 6) is -0.278. The van der Waals surface area contributed by atoms with Crippen LogP contribution in [-0.2, 0) is 0 Å². The third-order valence-electron chi connectivity index (χ3n) is 4.12. The summed E-state index contributed by atoms with van der Waals surface area (Å²) in [6.45, 7) is 6.76. The van der Waals surface area contributed by atoms with Crippen molar-refractivity contribution in [3.8, 4) is 0 Å². The van der Waals surface area contributed by atoms with Gasteiger partial charge in [-0.1, -0.05) is 37.9 Å². The maximum Gasteiger partial charge on any atom is 0.124 e. The van der Waals surface area contributed by atoms with Crippen molar-refractivity contribution < 1.29 is 4.39 Å². The number of benzene rings is 1. The van der Waals surface area contributed by atoms with Crippen LogP contribution in [0.25, 0.3) is 0 Å². The van der Waals surface area contributed by atoms with E-state index in [1.54, 1.807) is 6.07 Å². The van der Waals surface area contributed by atoms with Gasteiger partial charge in [0.1, 0.15) is 5.82 Å². The highest BCUT2D eigenvalue weighted by atomic mass is 35.5. The summed E-state index contributed by atoms with van der Waals surface area (Å²) >= 11 is 6.12. The van der Waals surface area contributed by atoms with Gasteiger partial charge in [0.05, 0.1) is 0 Å². The van der Waals surface area contributed by atoms with E-state index in [0.717, 1.165) is 5.56 Å². The summed E-state index contributed by atoms with van der Waals surface area (Å²) in [5, 5.41) is 4.15. The SMILES string of the molecule is CC(NC1CCCC(C)(C)C1)c1ccc(F)cc1Cl. The molecule has 1 aromatic rings. The maximum absolute atomic E-state index is 13.1. The molecule has 2 rings (SSSR count). The van der Waals surface area contributed by atoms with Gasteiger partial charge in [-0.15, -0.1) is 0 Å². The van der Waals surface area contributed by atoms with Crippen LogP contribution in [0.3, 0.4) is 0 Å². The predicted molar refractivity (Wildman–Crippen MR) is 79.0 cm³/mol. The summed E-state index contributed by atoms with van der Waals surface area (Å²) in [6.07, 6.45) is 4.98. The average molecular weight is 284 g/mol. The smallest absolute Gasteiger partial charge is 0.124 e. The van der Waals surface area contributed by atoms with Gasteiger partial charge in [-0.3, -0.25) is 0 Å². The lowest BCUT2D eigenvalue weighted by molar-refractivity contribution is 0.191. The Bertz CT molecular complexity index is 444. The van der Waals surface area contributed by atoms with Crippen molar-refractivity contribution in [1.82, 2.24) is 5.32 Å². The fourth-order valence-electron chi connectivity index (χ4n) is 3.14. The Labute approximate surface area is 120 Å². The van der Waals surface area contributed by atoms with Crippen LogP contribution in [0.1, 0.15) is 58.1 Å². The van der Waals surface area contributed by atoms with Crippen molar-refractivity contribution in [2.24, 2.45) is 5.41 Å². The minimum absolute atomic E-state index is 0.159. The van der Waals surface area contributed by atoms with E-state index in [0.29, 0.717) is 16.5 Å². The fourth-order valence-corrected chi connectivity index (χ4v) is 3.47. The molecule has 0 saturated heterocycles. The Morgan fingerprint density at radius 1 is 1.42 bits per heavy atom. The zero-order valence-corrected chi connectivity index (χ0v) is 12.7. The summed E-state index contributed by atoms with van der Waals surface area (Å²) in [7, 11) is 0. The predicted octanol–water partition coefficient (Wildman–Crippen LogP) is 5.10. The second-order valence-electron chi connectivity index (χ2n) is 6.51. The van der Waals surface area contributed by atoms with Crippen molar-refractivity contribution in [3.63, 3.8) is 0 Å². The molecule has 2 atom stereocenters. The van der Waals surface area contributed by atoms with Gasteiger partial charge in [-0.25, -0.2) is 4.39 Å². The highest BCUT2D eigenvalue weighted by Gasteiger charge is 2.28. The zero-order valence-electron chi connectivity index (χ0n) is 12.0. The second-order valence-corrected chi connectivity index (χ2v) is 6.92. The van der Waals surface area contributed by atoms with Gasteiger partial charge in [-0.05, 0) is 49.3 Å². The van der Waals surface area contributed by atoms with E-state index in [1.165, 1.54) is 37.8 Å². The Hall–Kier alpha value is -0.600. The topological polar surface area (TPSA) is 12.0 Å². The first kappa shape index (κ1) is 14.8. The maximum atomic E-state index is 13.1. The first-order valence-electron chi connectivity index (χ1n) is 7.08. The van der Waals surface area contributed by atoms with Crippen LogP contribution in [0.2, 0.25) is 5.02 Å². The summed E-state index contributed by atoms with van der Waals surface area (Å²) < 4.78 is 13.1. The van der Waals surface area contributed by atoms with Gasteiger partial charge < -0.3 is 5.32 Å². The first-order chi connectivity index (χ1) is 8.87. The average Bonchev–Trinajstić information content (AvgIpc) is 2.27. The molecule has 0 aliphatic heterocycles. The molecular formula is C16H23ClFN. The van der Waals surface area contributed by atoms with Gasteiger partial charge >= 0.3 is 0 Å². The molecule has 1 N–H and O–H groups in total. The number of nitrogens with one attached hydrogen (secondary N) is 1. The lowest BCUT2D eigenvalue weighted by atomic mass is 9.75. The van der Waals surface area contributed by atoms with Crippen molar-refractivity contribution in [1.29, 1.82) is 0 Å². The number of hydrogen-bond donors (Lipinski definition) is 1. The van der Waals surface area contributed by atoms with E-state index in [2.05, 4.69) is 26.1 Å². The molecule has 0 bridgehead atoms. The number of rotatable bonds is 3. The van der Waals surface area contributed by atoms with Crippen LogP contribution in [-0.4, -0.2) is 6.04 Å². The molecule has 0 heterocycles. The first-order valence-corrected chi connectivity index (χ1v) is 7.46. The second kappa shape index (κ2) is 5.80. The Kier molecular flexibility index (Phi) is 4.52. The van der Waals surface area contributed by atoms with Crippen molar-refractivity contribution in [3.05, 3.63) is 34.6 Å². The largest absolute Gasteiger partial charge is 0.307 e. The zero-order chi connectivity index (χ0) is 14.0. The van der Waals surface area contributed by atoms with Crippen LogP contribution in [0.5, 0.6) is 0 Å². The van der Waals surface area contributed by atoms with Gasteiger partial charge in [0, 0.05) is 17.1 Å². The molecular weight excluding hydrogens is 261 g/mol. The molecule has 1 fully saturated rings. The monoisotopic (exact) mass is 283 g/mol. The van der Waals surface area contributed by atoms with E-state index < -0.39 is 0 Å². The number of hydrogen-bond acceptors (Lipinski definition) is 1. The molecule has 1 nitrogen and oxygen atoms in total. The molecule has 2 unspecified atom stereocenters. The quantitative estimate of drug-likeness (QED) is 0.814. The fraction of sp³-hybridized carbons (Fsp3) is 0.625. The van der Waals surface area contributed by atoms with Crippen LogP contribution < -0.4 is 5.32 Å². The standard InChI is InChI=1S/C16H23ClFN/c1-11(14-7-6-12(18)9-15(14)17)19-13-5-4-8-16(2,3)10-13/h6-7,9,11,13,19H,4-5,8,10H2,1-3H3. The van der Waals surface area contributed by atoms with Crippen LogP contribution >= 0.6 is 11.6 Å².